The summed E-state index contributed by atoms with van der Waals surface area (Å²) in [6.07, 6.45) is 3.37. The van der Waals surface area contributed by atoms with Crippen LogP contribution in [0.4, 0.5) is 5.69 Å². The fourth-order valence-electron chi connectivity index (χ4n) is 1.80. The second-order valence-corrected chi connectivity index (χ2v) is 3.83. The van der Waals surface area contributed by atoms with Crippen molar-refractivity contribution >= 4 is 11.3 Å². The lowest BCUT2D eigenvalue weighted by Gasteiger charge is -2.22. The summed E-state index contributed by atoms with van der Waals surface area (Å²) in [5, 5.41) is 0. The van der Waals surface area contributed by atoms with Gasteiger partial charge in [0.05, 0.1) is 0 Å². The highest BCUT2D eigenvalue weighted by Gasteiger charge is 2.10. The Balaban J connectivity index is 0.00000112. The normalized spacial score (nSPS) is 17.9. The van der Waals surface area contributed by atoms with Crippen molar-refractivity contribution in [2.24, 2.45) is 0 Å². The number of nitrogens with zero attached hydrogens (tertiary/aromatic N) is 1. The number of nitrogens with two attached hydrogens (primary N) is 1. The van der Waals surface area contributed by atoms with Gasteiger partial charge in [0.25, 0.3) is 0 Å². The van der Waals surface area contributed by atoms with Crippen LogP contribution < -0.4 is 5.73 Å². The molecule has 76 valence electrons. The van der Waals surface area contributed by atoms with Crippen LogP contribution in [-0.2, 0) is 0 Å². The van der Waals surface area contributed by atoms with Gasteiger partial charge in [-0.3, -0.25) is 0 Å². The molecule has 2 rings (SSSR count). The second kappa shape index (κ2) is 3.84. The molecule has 0 aliphatic carbocycles. The zero-order valence-electron chi connectivity index (χ0n) is 8.53. The second-order valence-electron chi connectivity index (χ2n) is 3.83. The van der Waals surface area contributed by atoms with Crippen molar-refractivity contribution < 1.29 is 1.43 Å². The molecule has 2 nitrogen and oxygen atoms in total. The van der Waals surface area contributed by atoms with Gasteiger partial charge in [0, 0.05) is 25.8 Å². The maximum absolute atomic E-state index is 5.93. The predicted molar refractivity (Wildman–Crippen MR) is 63.1 cm³/mol. The van der Waals surface area contributed by atoms with Crippen molar-refractivity contribution in [3.63, 3.8) is 0 Å². The van der Waals surface area contributed by atoms with Crippen molar-refractivity contribution in [3.05, 3.63) is 35.9 Å². The van der Waals surface area contributed by atoms with Crippen LogP contribution in [0.5, 0.6) is 0 Å². The third-order valence-corrected chi connectivity index (χ3v) is 2.72. The molecule has 0 aromatic heterocycles. The van der Waals surface area contributed by atoms with Gasteiger partial charge < -0.3 is 10.6 Å². The Bertz CT molecular complexity index is 360. The van der Waals surface area contributed by atoms with Crippen molar-refractivity contribution in [2.75, 3.05) is 25.9 Å². The molecule has 1 heterocycles. The Morgan fingerprint density at radius 3 is 2.79 bits per heavy atom. The summed E-state index contributed by atoms with van der Waals surface area (Å²) in [6, 6.07) is 8.10. The van der Waals surface area contributed by atoms with E-state index in [4.69, 9.17) is 5.73 Å². The van der Waals surface area contributed by atoms with Crippen LogP contribution in [0, 0.1) is 0 Å². The summed E-state index contributed by atoms with van der Waals surface area (Å²) in [4.78, 5) is 2.31. The minimum Gasteiger partial charge on any atom is -0.398 e. The fourth-order valence-corrected chi connectivity index (χ4v) is 1.80. The smallest absolute Gasteiger partial charge is 0.0390 e. The molecule has 0 spiro atoms. The third-order valence-electron chi connectivity index (χ3n) is 2.72. The minimum atomic E-state index is 0. The number of rotatable bonds is 1. The monoisotopic (exact) mass is 190 g/mol. The maximum atomic E-state index is 5.93. The molecule has 0 saturated carbocycles. The van der Waals surface area contributed by atoms with Crippen LogP contribution in [0.25, 0.3) is 5.57 Å². The first kappa shape index (κ1) is 9.28. The van der Waals surface area contributed by atoms with E-state index in [0.29, 0.717) is 0 Å². The van der Waals surface area contributed by atoms with Gasteiger partial charge in [-0.15, -0.1) is 0 Å². The van der Waals surface area contributed by atoms with E-state index < -0.39 is 0 Å². The zero-order chi connectivity index (χ0) is 9.97. The molecule has 1 aromatic carbocycles. The summed E-state index contributed by atoms with van der Waals surface area (Å²) in [5.74, 6) is 0. The first-order chi connectivity index (χ1) is 6.77. The molecule has 0 saturated heterocycles. The van der Waals surface area contributed by atoms with Gasteiger partial charge in [0.2, 0.25) is 0 Å². The van der Waals surface area contributed by atoms with Crippen molar-refractivity contribution in [2.45, 2.75) is 6.42 Å². The minimum absolute atomic E-state index is 0. The first-order valence-corrected chi connectivity index (χ1v) is 5.00. The quantitative estimate of drug-likeness (QED) is 0.688. The molecule has 1 aliphatic heterocycles. The summed E-state index contributed by atoms with van der Waals surface area (Å²) < 4.78 is 0. The highest BCUT2D eigenvalue weighted by molar-refractivity contribution is 5.75. The zero-order valence-corrected chi connectivity index (χ0v) is 8.53. The van der Waals surface area contributed by atoms with Crippen molar-refractivity contribution in [3.8, 4) is 0 Å². The molecule has 0 atom stereocenters. The Kier molecular flexibility index (Phi) is 2.55. The van der Waals surface area contributed by atoms with Crippen LogP contribution >= 0.6 is 0 Å². The molecule has 2 N–H and O–H groups in total. The lowest BCUT2D eigenvalue weighted by molar-refractivity contribution is 0.370. The highest BCUT2D eigenvalue weighted by Crippen LogP contribution is 2.26. The maximum Gasteiger partial charge on any atom is 0.0390 e. The van der Waals surface area contributed by atoms with Gasteiger partial charge in [0.1, 0.15) is 0 Å². The summed E-state index contributed by atoms with van der Waals surface area (Å²) >= 11 is 0. The van der Waals surface area contributed by atoms with E-state index in [1.54, 1.807) is 0 Å². The summed E-state index contributed by atoms with van der Waals surface area (Å²) in [5.41, 5.74) is 9.42. The van der Waals surface area contributed by atoms with E-state index in [-0.39, 0.29) is 1.43 Å². The van der Waals surface area contributed by atoms with E-state index in [0.717, 1.165) is 25.2 Å². The van der Waals surface area contributed by atoms with Crippen molar-refractivity contribution in [1.29, 1.82) is 0 Å². The molecule has 1 aromatic rings. The van der Waals surface area contributed by atoms with Crippen LogP contribution in [0.1, 0.15) is 13.4 Å². The SMILES string of the molecule is CN1CC=C(c2ccccc2N)CC1.[HH]. The topological polar surface area (TPSA) is 29.3 Å². The third kappa shape index (κ3) is 1.80. The number of hydrogen-bond donors (Lipinski definition) is 1. The van der Waals surface area contributed by atoms with Gasteiger partial charge in [0.15, 0.2) is 0 Å². The number of likely N-dealkylation sites (N-methyl/N-ethyl adjacent to an activating group) is 1. The van der Waals surface area contributed by atoms with Gasteiger partial charge in [-0.25, -0.2) is 0 Å². The Labute approximate surface area is 86.5 Å². The van der Waals surface area contributed by atoms with Crippen LogP contribution in [-0.4, -0.2) is 25.0 Å². The predicted octanol–water partition coefficient (Wildman–Crippen LogP) is 2.23. The number of para-hydroxylation sites is 1. The fraction of sp³-hybridized carbons (Fsp3) is 0.333. The van der Waals surface area contributed by atoms with Crippen molar-refractivity contribution in [1.82, 2.24) is 4.90 Å². The van der Waals surface area contributed by atoms with Gasteiger partial charge in [-0.2, -0.15) is 0 Å². The van der Waals surface area contributed by atoms with E-state index in [9.17, 15) is 0 Å². The van der Waals surface area contributed by atoms with E-state index in [1.807, 2.05) is 18.2 Å². The molecule has 0 fully saturated rings. The summed E-state index contributed by atoms with van der Waals surface area (Å²) in [6.45, 7) is 2.16. The molecular formula is C12H18N2. The molecule has 1 aliphatic rings. The van der Waals surface area contributed by atoms with Gasteiger partial charge in [-0.1, -0.05) is 24.3 Å². The molecule has 0 unspecified atom stereocenters. The summed E-state index contributed by atoms with van der Waals surface area (Å²) in [7, 11) is 2.14. The van der Waals surface area contributed by atoms with Gasteiger partial charge >= 0.3 is 0 Å². The van der Waals surface area contributed by atoms with Gasteiger partial charge in [-0.05, 0) is 25.1 Å². The lowest BCUT2D eigenvalue weighted by atomic mass is 9.98. The number of hydrogen-bond acceptors (Lipinski definition) is 2. The number of anilines is 1. The Hall–Kier alpha value is -1.28. The number of nitrogen functional groups attached to an aromatic ring is 1. The number of benzene rings is 1. The van der Waals surface area contributed by atoms with E-state index >= 15 is 0 Å². The van der Waals surface area contributed by atoms with E-state index in [2.05, 4.69) is 24.1 Å². The average Bonchev–Trinajstić information content (AvgIpc) is 2.20. The van der Waals surface area contributed by atoms with Crippen LogP contribution in [0.3, 0.4) is 0 Å². The standard InChI is InChI=1S/C12H16N2.H2/c1-14-8-6-10(7-9-14)11-4-2-3-5-12(11)13;/h2-6H,7-9,13H2,1H3;1H. The van der Waals surface area contributed by atoms with E-state index in [1.165, 1.54) is 11.1 Å². The molecule has 0 bridgehead atoms. The van der Waals surface area contributed by atoms with Crippen LogP contribution in [0.2, 0.25) is 0 Å². The molecule has 14 heavy (non-hydrogen) atoms. The Morgan fingerprint density at radius 2 is 2.14 bits per heavy atom. The Morgan fingerprint density at radius 1 is 1.36 bits per heavy atom. The lowest BCUT2D eigenvalue weighted by Crippen LogP contribution is -2.23. The highest BCUT2D eigenvalue weighted by atomic mass is 15.1. The molecular weight excluding hydrogens is 172 g/mol. The molecule has 2 heteroatoms. The average molecular weight is 190 g/mol. The largest absolute Gasteiger partial charge is 0.398 e. The molecule has 0 amide bonds. The van der Waals surface area contributed by atoms with Crippen LogP contribution in [0.15, 0.2) is 30.3 Å². The first-order valence-electron chi connectivity index (χ1n) is 5.00. The molecule has 0 radical (unpaired) electrons.